The highest BCUT2D eigenvalue weighted by molar-refractivity contribution is 6.96. The van der Waals surface area contributed by atoms with E-state index in [4.69, 9.17) is 9.47 Å². The van der Waals surface area contributed by atoms with Crippen molar-refractivity contribution in [1.82, 2.24) is 4.90 Å². The van der Waals surface area contributed by atoms with Crippen LogP contribution < -0.4 is 4.74 Å². The van der Waals surface area contributed by atoms with Crippen LogP contribution in [0.1, 0.15) is 32.8 Å². The monoisotopic (exact) mass is 505 g/mol. The maximum atomic E-state index is 13.4. The van der Waals surface area contributed by atoms with Crippen LogP contribution in [0, 0.1) is 5.41 Å². The molecule has 0 N–H and O–H groups in total. The molecule has 7 nitrogen and oxygen atoms in total. The van der Waals surface area contributed by atoms with Crippen LogP contribution in [0.15, 0.2) is 24.3 Å². The van der Waals surface area contributed by atoms with Crippen molar-refractivity contribution in [1.29, 1.82) is 0 Å². The number of hydrogen-bond acceptors (Lipinski definition) is 4. The quantitative estimate of drug-likeness (QED) is 0.141. The molecule has 0 aliphatic rings. The number of hydrogen-bond donors (Lipinski definition) is 0. The van der Waals surface area contributed by atoms with E-state index in [0.29, 0.717) is 12.8 Å². The van der Waals surface area contributed by atoms with Gasteiger partial charge in [0.1, 0.15) is 12.4 Å². The molecule has 0 bridgehead atoms. The van der Waals surface area contributed by atoms with Gasteiger partial charge in [0.05, 0.1) is 34.7 Å². The van der Waals surface area contributed by atoms with E-state index in [1.165, 1.54) is 0 Å². The zero-order chi connectivity index (χ0) is 26.3. The van der Waals surface area contributed by atoms with Gasteiger partial charge in [-0.15, -0.1) is 0 Å². The van der Waals surface area contributed by atoms with Crippen molar-refractivity contribution in [2.24, 2.45) is 5.41 Å². The molecule has 1 atom stereocenters. The third kappa shape index (κ3) is 8.85. The van der Waals surface area contributed by atoms with Crippen LogP contribution in [0.2, 0.25) is 39.3 Å². The lowest BCUT2D eigenvalue weighted by Crippen LogP contribution is -2.68. The fraction of sp³-hybridized carbons (Fsp3) is 0.640. The van der Waals surface area contributed by atoms with Gasteiger partial charge in [0.25, 0.3) is 0 Å². The minimum absolute atomic E-state index is 0.0553. The summed E-state index contributed by atoms with van der Waals surface area (Å²) in [5.74, 6) is 0.138. The Labute approximate surface area is 207 Å². The largest absolute Gasteiger partial charge is 0.497 e. The highest BCUT2D eigenvalue weighted by Gasteiger charge is 2.46. The van der Waals surface area contributed by atoms with Gasteiger partial charge in [-0.25, -0.2) is 0 Å². The van der Waals surface area contributed by atoms with Crippen molar-refractivity contribution in [3.05, 3.63) is 35.4 Å². The molecule has 0 heterocycles. The van der Waals surface area contributed by atoms with E-state index in [-0.39, 0.29) is 29.8 Å². The Morgan fingerprint density at radius 1 is 1.06 bits per heavy atom. The number of esters is 1. The van der Waals surface area contributed by atoms with Crippen LogP contribution in [0.4, 0.5) is 0 Å². The van der Waals surface area contributed by atoms with E-state index >= 15 is 0 Å². The molecule has 0 aliphatic heterocycles. The van der Waals surface area contributed by atoms with Gasteiger partial charge in [-0.05, 0) is 51.3 Å². The molecule has 0 saturated carbocycles. The number of carbonyl (C=O) groups is 2. The van der Waals surface area contributed by atoms with Gasteiger partial charge in [-0.2, -0.15) is 4.79 Å². The van der Waals surface area contributed by atoms with Gasteiger partial charge in [0.15, 0.2) is 0 Å². The molecule has 0 spiro atoms. The Morgan fingerprint density at radius 3 is 2.00 bits per heavy atom. The molecule has 0 fully saturated rings. The number of ether oxygens (including phenoxy) is 2. The molecule has 190 valence electrons. The Morgan fingerprint density at radius 2 is 1.59 bits per heavy atom. The van der Waals surface area contributed by atoms with E-state index < -0.39 is 21.6 Å². The number of amides is 1. The first-order chi connectivity index (χ1) is 15.5. The number of methoxy groups -OCH3 is 1. The fourth-order valence-corrected chi connectivity index (χ4v) is 17.3. The molecular weight excluding hydrogens is 462 g/mol. The smallest absolute Gasteiger partial charge is 0.344 e. The number of benzene rings is 1. The van der Waals surface area contributed by atoms with Crippen LogP contribution in [0.3, 0.4) is 0 Å². The topological polar surface area (TPSA) is 92.2 Å². The summed E-state index contributed by atoms with van der Waals surface area (Å²) in [5, 5.41) is 0.0553. The van der Waals surface area contributed by atoms with Crippen molar-refractivity contribution in [2.45, 2.75) is 84.2 Å². The lowest BCUT2D eigenvalue weighted by molar-refractivity contribution is -0.156. The average molecular weight is 506 g/mol. The summed E-state index contributed by atoms with van der Waals surface area (Å²) in [6.07, 6.45) is 2.28. The Balaban J connectivity index is 3.44. The lowest BCUT2D eigenvalue weighted by Gasteiger charge is -2.48. The fourth-order valence-electron chi connectivity index (χ4n) is 4.58. The molecule has 9 heteroatoms. The minimum atomic E-state index is -1.89. The lowest BCUT2D eigenvalue weighted by atomic mass is 9.97. The molecule has 1 unspecified atom stereocenters. The van der Waals surface area contributed by atoms with Crippen LogP contribution in [-0.2, 0) is 20.7 Å². The van der Waals surface area contributed by atoms with Crippen LogP contribution in [0.5, 0.6) is 5.75 Å². The molecule has 1 amide bonds. The highest BCUT2D eigenvalue weighted by Crippen LogP contribution is 2.29. The third-order valence-electron chi connectivity index (χ3n) is 5.68. The molecule has 1 rings (SSSR count). The summed E-state index contributed by atoms with van der Waals surface area (Å²) in [6.45, 7) is 19.1. The molecular formula is C25H43N3O4Si2. The Kier molecular flexibility index (Phi) is 10.5. The summed E-state index contributed by atoms with van der Waals surface area (Å²) in [4.78, 5) is 30.9. The first kappa shape index (κ1) is 29.8. The van der Waals surface area contributed by atoms with Crippen molar-refractivity contribution in [3.63, 3.8) is 0 Å². The van der Waals surface area contributed by atoms with E-state index in [1.807, 2.05) is 49.9 Å². The first-order valence-corrected chi connectivity index (χ1v) is 19.0. The Bertz CT molecular complexity index is 863. The number of nitrogens with zero attached hydrogens (tertiary/aromatic N) is 3. The molecule has 0 aliphatic carbocycles. The van der Waals surface area contributed by atoms with Gasteiger partial charge in [-0.3, -0.25) is 9.59 Å². The second kappa shape index (κ2) is 12.0. The van der Waals surface area contributed by atoms with Crippen LogP contribution in [-0.4, -0.2) is 69.0 Å². The van der Waals surface area contributed by atoms with Gasteiger partial charge in [-0.1, -0.05) is 51.4 Å². The number of aryl methyl sites for hydroxylation is 1. The number of carbonyl (C=O) groups excluding carboxylic acids is 2. The van der Waals surface area contributed by atoms with Crippen molar-refractivity contribution < 1.29 is 23.9 Å². The van der Waals surface area contributed by atoms with Gasteiger partial charge < -0.3 is 19.9 Å². The molecule has 0 radical (unpaired) electrons. The summed E-state index contributed by atoms with van der Waals surface area (Å²) >= 11 is 0. The van der Waals surface area contributed by atoms with E-state index in [0.717, 1.165) is 17.5 Å². The second-order valence-electron chi connectivity index (χ2n) is 12.0. The summed E-state index contributed by atoms with van der Waals surface area (Å²) in [6, 6.07) is 7.50. The molecule has 1 aromatic carbocycles. The van der Waals surface area contributed by atoms with Gasteiger partial charge in [0.2, 0.25) is 0 Å². The Hall–Kier alpha value is -2.23. The minimum Gasteiger partial charge on any atom is -0.497 e. The first-order valence-electron chi connectivity index (χ1n) is 11.8. The van der Waals surface area contributed by atoms with E-state index in [2.05, 4.69) is 44.1 Å². The van der Waals surface area contributed by atoms with E-state index in [1.54, 1.807) is 7.11 Å². The summed E-state index contributed by atoms with van der Waals surface area (Å²) < 4.78 is 11.0. The molecule has 0 saturated heterocycles. The predicted octanol–water partition coefficient (Wildman–Crippen LogP) is 4.84. The summed E-state index contributed by atoms with van der Waals surface area (Å²) in [7, 11) is -2.14. The summed E-state index contributed by atoms with van der Waals surface area (Å²) in [5.41, 5.74) is 9.65. The molecule has 34 heavy (non-hydrogen) atoms. The van der Waals surface area contributed by atoms with Crippen molar-refractivity contribution in [3.8, 4) is 5.75 Å². The SMILES string of the molecule is COc1ccc(CCC(COC(=O)C(C)(C)C)N(C(=O)C=[N+]=[N-])C([Si](C)(C)C)[Si](C)(C)C)cc1. The van der Waals surface area contributed by atoms with Crippen LogP contribution >= 0.6 is 0 Å². The van der Waals surface area contributed by atoms with Crippen molar-refractivity contribution in [2.75, 3.05) is 13.7 Å². The molecule has 0 aromatic heterocycles. The zero-order valence-electron chi connectivity index (χ0n) is 22.6. The third-order valence-corrected chi connectivity index (χ3v) is 14.7. The number of rotatable bonds is 11. The highest BCUT2D eigenvalue weighted by atomic mass is 28.4. The van der Waals surface area contributed by atoms with E-state index in [9.17, 15) is 15.1 Å². The van der Waals surface area contributed by atoms with Crippen LogP contribution in [0.25, 0.3) is 5.53 Å². The zero-order valence-corrected chi connectivity index (χ0v) is 24.6. The van der Waals surface area contributed by atoms with Gasteiger partial charge >= 0.3 is 18.1 Å². The van der Waals surface area contributed by atoms with Crippen molar-refractivity contribution >= 4 is 34.2 Å². The second-order valence-corrected chi connectivity index (χ2v) is 23.1. The predicted molar refractivity (Wildman–Crippen MR) is 143 cm³/mol. The average Bonchev–Trinajstić information content (AvgIpc) is 2.70. The standard InChI is InChI=1S/C25H43N3O4Si2/c1-25(2,3)23(30)32-18-20(14-11-19-12-15-21(31-4)16-13-19)28(22(29)17-27-26)24(33(5,6)7)34(8,9)10/h12-13,15-17,20,24H,11,14,18H2,1-10H3. The maximum absolute atomic E-state index is 13.4. The maximum Gasteiger partial charge on any atom is 0.344 e. The van der Waals surface area contributed by atoms with Gasteiger partial charge in [0, 0.05) is 5.29 Å². The molecule has 1 aromatic rings. The normalized spacial score (nSPS) is 13.1.